The average molecular weight is 180 g/mol. The smallest absolute Gasteiger partial charge is 0.0745 e. The number of aliphatic hydroxyl groups is 3. The van der Waals surface area contributed by atoms with E-state index in [0.29, 0.717) is 13.0 Å². The molecular weight excluding hydrogens is 160 g/mol. The summed E-state index contributed by atoms with van der Waals surface area (Å²) in [6, 6.07) is 0. The molecule has 4 nitrogen and oxygen atoms in total. The van der Waals surface area contributed by atoms with Crippen molar-refractivity contribution >= 4 is 0 Å². The predicted molar refractivity (Wildman–Crippen MR) is 46.9 cm³/mol. The Balaban J connectivity index is 0. The summed E-state index contributed by atoms with van der Waals surface area (Å²) in [7, 11) is 1.56. The van der Waals surface area contributed by atoms with Crippen molar-refractivity contribution in [1.82, 2.24) is 0 Å². The van der Waals surface area contributed by atoms with Gasteiger partial charge < -0.3 is 20.1 Å². The van der Waals surface area contributed by atoms with Crippen LogP contribution in [0.5, 0.6) is 0 Å². The van der Waals surface area contributed by atoms with Crippen LogP contribution in [0.15, 0.2) is 0 Å². The monoisotopic (exact) mass is 180 g/mol. The first kappa shape index (κ1) is 14.4. The van der Waals surface area contributed by atoms with E-state index in [1.165, 1.54) is 0 Å². The molecule has 76 valence electrons. The number of hydrogen-bond acceptors (Lipinski definition) is 4. The van der Waals surface area contributed by atoms with Crippen LogP contribution >= 0.6 is 0 Å². The molecular formula is C8H20O4. The second-order valence-corrected chi connectivity index (χ2v) is 2.67. The van der Waals surface area contributed by atoms with Crippen molar-refractivity contribution < 1.29 is 20.1 Å². The van der Waals surface area contributed by atoms with Gasteiger partial charge in [0.25, 0.3) is 0 Å². The van der Waals surface area contributed by atoms with Gasteiger partial charge in [0.2, 0.25) is 0 Å². The van der Waals surface area contributed by atoms with Crippen molar-refractivity contribution in [2.45, 2.75) is 32.5 Å². The molecule has 0 aliphatic heterocycles. The van der Waals surface area contributed by atoms with E-state index >= 15 is 0 Å². The van der Waals surface area contributed by atoms with Gasteiger partial charge in [0.05, 0.1) is 18.8 Å². The van der Waals surface area contributed by atoms with Crippen LogP contribution < -0.4 is 0 Å². The van der Waals surface area contributed by atoms with Crippen molar-refractivity contribution in [3.05, 3.63) is 0 Å². The molecule has 0 fully saturated rings. The van der Waals surface area contributed by atoms with Crippen LogP contribution in [-0.4, -0.2) is 47.9 Å². The molecule has 0 radical (unpaired) electrons. The van der Waals surface area contributed by atoms with E-state index in [0.717, 1.165) is 0 Å². The lowest BCUT2D eigenvalue weighted by Crippen LogP contribution is -2.07. The van der Waals surface area contributed by atoms with Crippen molar-refractivity contribution in [3.63, 3.8) is 0 Å². The first-order valence-corrected chi connectivity index (χ1v) is 4.00. The summed E-state index contributed by atoms with van der Waals surface area (Å²) in [6.07, 6.45) is -0.190. The number of aliphatic hydroxyl groups excluding tert-OH is 3. The minimum Gasteiger partial charge on any atom is -0.396 e. The van der Waals surface area contributed by atoms with E-state index in [9.17, 15) is 0 Å². The van der Waals surface area contributed by atoms with Gasteiger partial charge in [-0.3, -0.25) is 0 Å². The number of methoxy groups -OCH3 is 1. The molecule has 4 heteroatoms. The molecule has 0 aromatic carbocycles. The van der Waals surface area contributed by atoms with Gasteiger partial charge in [-0.15, -0.1) is 0 Å². The molecule has 0 saturated heterocycles. The second-order valence-electron chi connectivity index (χ2n) is 2.67. The highest BCUT2D eigenvalue weighted by atomic mass is 16.5. The Kier molecular flexibility index (Phi) is 13.0. The van der Waals surface area contributed by atoms with E-state index in [-0.39, 0.29) is 18.8 Å². The van der Waals surface area contributed by atoms with Crippen molar-refractivity contribution in [1.29, 1.82) is 0 Å². The lowest BCUT2D eigenvalue weighted by atomic mass is 10.3. The number of rotatable bonds is 4. The maximum atomic E-state index is 8.43. The van der Waals surface area contributed by atoms with Gasteiger partial charge in [-0.05, 0) is 20.3 Å². The Morgan fingerprint density at radius 3 is 1.67 bits per heavy atom. The van der Waals surface area contributed by atoms with Gasteiger partial charge in [0.15, 0.2) is 0 Å². The zero-order valence-electron chi connectivity index (χ0n) is 8.03. The first-order valence-electron chi connectivity index (χ1n) is 4.00. The van der Waals surface area contributed by atoms with Gasteiger partial charge >= 0.3 is 0 Å². The fraction of sp³-hybridized carbons (Fsp3) is 1.00. The molecule has 0 rings (SSSR count). The Morgan fingerprint density at radius 2 is 1.67 bits per heavy atom. The van der Waals surface area contributed by atoms with Gasteiger partial charge in [-0.1, -0.05) is 0 Å². The third kappa shape index (κ3) is 22.5. The van der Waals surface area contributed by atoms with Crippen LogP contribution in [0.3, 0.4) is 0 Å². The Morgan fingerprint density at radius 1 is 1.17 bits per heavy atom. The van der Waals surface area contributed by atoms with Crippen molar-refractivity contribution in [3.8, 4) is 0 Å². The molecule has 0 saturated carbocycles. The molecule has 0 heterocycles. The fourth-order valence-corrected chi connectivity index (χ4v) is 0.428. The molecule has 2 atom stereocenters. The molecule has 12 heavy (non-hydrogen) atoms. The molecule has 0 aliphatic carbocycles. The maximum Gasteiger partial charge on any atom is 0.0745 e. The molecule has 3 N–H and O–H groups in total. The minimum atomic E-state index is -0.352. The lowest BCUT2D eigenvalue weighted by molar-refractivity contribution is 0.0765. The van der Waals surface area contributed by atoms with Crippen LogP contribution in [0.2, 0.25) is 0 Å². The number of ether oxygens (including phenoxy) is 1. The summed E-state index contributed by atoms with van der Waals surface area (Å²) in [4.78, 5) is 0. The molecule has 0 bridgehead atoms. The van der Waals surface area contributed by atoms with Crippen LogP contribution in [0.25, 0.3) is 0 Å². The summed E-state index contributed by atoms with van der Waals surface area (Å²) in [5.41, 5.74) is 0. The van der Waals surface area contributed by atoms with Crippen molar-refractivity contribution in [2.75, 3.05) is 20.3 Å². The van der Waals surface area contributed by atoms with Gasteiger partial charge in [0.1, 0.15) is 0 Å². The molecule has 0 aromatic heterocycles. The van der Waals surface area contributed by atoms with Crippen LogP contribution in [0.1, 0.15) is 20.3 Å². The Labute approximate surface area is 73.8 Å². The van der Waals surface area contributed by atoms with Gasteiger partial charge in [0, 0.05) is 13.7 Å². The fourth-order valence-electron chi connectivity index (χ4n) is 0.428. The molecule has 2 unspecified atom stereocenters. The summed E-state index contributed by atoms with van der Waals surface area (Å²) in [5, 5.41) is 24.9. The number of hydrogen-bond donors (Lipinski definition) is 3. The average Bonchev–Trinajstić information content (AvgIpc) is 1.87. The van der Waals surface area contributed by atoms with Gasteiger partial charge in [-0.25, -0.2) is 0 Å². The normalized spacial score (nSPS) is 14.5. The largest absolute Gasteiger partial charge is 0.396 e. The maximum absolute atomic E-state index is 8.43. The van der Waals surface area contributed by atoms with Crippen LogP contribution in [0, 0.1) is 0 Å². The highest BCUT2D eigenvalue weighted by Gasteiger charge is 1.88. The highest BCUT2D eigenvalue weighted by molar-refractivity contribution is 4.40. The third-order valence-corrected chi connectivity index (χ3v) is 0.955. The SMILES string of the molecule is CC(O)CCO.COCC(C)O. The van der Waals surface area contributed by atoms with Gasteiger partial charge in [-0.2, -0.15) is 0 Å². The van der Waals surface area contributed by atoms with E-state index in [2.05, 4.69) is 4.74 Å². The first-order chi connectivity index (χ1) is 5.54. The third-order valence-electron chi connectivity index (χ3n) is 0.955. The zero-order chi connectivity index (χ0) is 9.98. The van der Waals surface area contributed by atoms with Crippen molar-refractivity contribution in [2.24, 2.45) is 0 Å². The Bertz CT molecular complexity index is 63.5. The standard InChI is InChI=1S/2C4H10O2/c1-4(5)3-6-2;1-4(6)2-3-5/h4-5H,3H2,1-2H3;4-6H,2-3H2,1H3. The summed E-state index contributed by atoms with van der Waals surface area (Å²) < 4.78 is 4.55. The topological polar surface area (TPSA) is 69.9 Å². The van der Waals surface area contributed by atoms with E-state index in [1.54, 1.807) is 21.0 Å². The minimum absolute atomic E-state index is 0.0810. The summed E-state index contributed by atoms with van der Waals surface area (Å²) in [6.45, 7) is 3.84. The molecule has 0 aromatic rings. The quantitative estimate of drug-likeness (QED) is 0.558. The molecule has 0 aliphatic rings. The lowest BCUT2D eigenvalue weighted by Gasteiger charge is -1.97. The molecule has 0 spiro atoms. The van der Waals surface area contributed by atoms with E-state index < -0.39 is 0 Å². The van der Waals surface area contributed by atoms with E-state index in [4.69, 9.17) is 15.3 Å². The highest BCUT2D eigenvalue weighted by Crippen LogP contribution is 1.83. The predicted octanol–water partition coefficient (Wildman–Crippen LogP) is -0.237. The second kappa shape index (κ2) is 10.8. The summed E-state index contributed by atoms with van der Waals surface area (Å²) >= 11 is 0. The zero-order valence-corrected chi connectivity index (χ0v) is 8.03. The summed E-state index contributed by atoms with van der Waals surface area (Å²) in [5.74, 6) is 0. The van der Waals surface area contributed by atoms with E-state index in [1.807, 2.05) is 0 Å². The Hall–Kier alpha value is -0.160. The van der Waals surface area contributed by atoms with Crippen LogP contribution in [0.4, 0.5) is 0 Å². The molecule has 0 amide bonds. The van der Waals surface area contributed by atoms with Crippen LogP contribution in [-0.2, 0) is 4.74 Å².